The first-order valence-corrected chi connectivity index (χ1v) is 7.25. The Kier molecular flexibility index (Phi) is 4.59. The van der Waals surface area contributed by atoms with Gasteiger partial charge in [0.05, 0.1) is 5.41 Å². The van der Waals surface area contributed by atoms with Gasteiger partial charge in [-0.2, -0.15) is 0 Å². The summed E-state index contributed by atoms with van der Waals surface area (Å²) < 4.78 is 0. The second kappa shape index (κ2) is 6.20. The number of para-hydroxylation sites is 1. The molecule has 1 heterocycles. The highest BCUT2D eigenvalue weighted by atomic mass is 16.2. The highest BCUT2D eigenvalue weighted by Gasteiger charge is 2.39. The summed E-state index contributed by atoms with van der Waals surface area (Å²) in [6.45, 7) is 6.79. The molecule has 1 fully saturated rings. The first-order chi connectivity index (χ1) is 9.17. The van der Waals surface area contributed by atoms with Crippen LogP contribution in [-0.4, -0.2) is 25.5 Å². The van der Waals surface area contributed by atoms with Crippen molar-refractivity contribution < 1.29 is 4.79 Å². The molecule has 0 radical (unpaired) electrons. The van der Waals surface area contributed by atoms with Gasteiger partial charge in [-0.3, -0.25) is 4.79 Å². The van der Waals surface area contributed by atoms with E-state index in [1.54, 1.807) is 0 Å². The molecule has 0 spiro atoms. The van der Waals surface area contributed by atoms with Crippen molar-refractivity contribution in [2.45, 2.75) is 33.1 Å². The van der Waals surface area contributed by atoms with Crippen LogP contribution >= 0.6 is 0 Å². The van der Waals surface area contributed by atoms with Crippen LogP contribution < -0.4 is 10.2 Å². The summed E-state index contributed by atoms with van der Waals surface area (Å²) >= 11 is 0. The van der Waals surface area contributed by atoms with Gasteiger partial charge in [0.2, 0.25) is 5.91 Å². The molecular formula is C16H24N2O. The van der Waals surface area contributed by atoms with E-state index in [0.29, 0.717) is 0 Å². The highest BCUT2D eigenvalue weighted by molar-refractivity contribution is 5.97. The topological polar surface area (TPSA) is 32.3 Å². The Bertz CT molecular complexity index is 410. The lowest BCUT2D eigenvalue weighted by Gasteiger charge is -2.31. The summed E-state index contributed by atoms with van der Waals surface area (Å²) in [7, 11) is 0. The van der Waals surface area contributed by atoms with E-state index in [2.05, 4.69) is 19.2 Å². The summed E-state index contributed by atoms with van der Waals surface area (Å²) in [6, 6.07) is 10.0. The van der Waals surface area contributed by atoms with Crippen molar-refractivity contribution >= 4 is 11.6 Å². The van der Waals surface area contributed by atoms with Crippen molar-refractivity contribution in [2.75, 3.05) is 24.5 Å². The number of rotatable bonds is 5. The fourth-order valence-corrected chi connectivity index (χ4v) is 2.60. The number of amides is 1. The van der Waals surface area contributed by atoms with Crippen molar-refractivity contribution in [1.29, 1.82) is 0 Å². The van der Waals surface area contributed by atoms with Gasteiger partial charge in [-0.1, -0.05) is 31.5 Å². The predicted molar refractivity (Wildman–Crippen MR) is 79.3 cm³/mol. The molecule has 2 rings (SSSR count). The van der Waals surface area contributed by atoms with Crippen molar-refractivity contribution in [2.24, 2.45) is 5.41 Å². The molecule has 1 aliphatic rings. The maximum atomic E-state index is 12.9. The Morgan fingerprint density at radius 2 is 2.11 bits per heavy atom. The Morgan fingerprint density at radius 1 is 1.37 bits per heavy atom. The summed E-state index contributed by atoms with van der Waals surface area (Å²) in [4.78, 5) is 14.8. The number of nitrogens with one attached hydrogen (secondary N) is 1. The number of benzene rings is 1. The molecule has 104 valence electrons. The van der Waals surface area contributed by atoms with Crippen LogP contribution in [0.15, 0.2) is 30.3 Å². The largest absolute Gasteiger partial charge is 0.316 e. The van der Waals surface area contributed by atoms with E-state index in [-0.39, 0.29) is 11.3 Å². The van der Waals surface area contributed by atoms with E-state index in [4.69, 9.17) is 0 Å². The molecule has 1 saturated heterocycles. The predicted octanol–water partition coefficient (Wildman–Crippen LogP) is 2.82. The second-order valence-electron chi connectivity index (χ2n) is 5.63. The first kappa shape index (κ1) is 14.1. The number of carbonyl (C=O) groups is 1. The third kappa shape index (κ3) is 3.16. The second-order valence-corrected chi connectivity index (χ2v) is 5.63. The molecule has 1 N–H and O–H groups in total. The summed E-state index contributed by atoms with van der Waals surface area (Å²) in [5.74, 6) is 0.261. The molecule has 1 unspecified atom stereocenters. The summed E-state index contributed by atoms with van der Waals surface area (Å²) in [6.07, 6.45) is 3.08. The lowest BCUT2D eigenvalue weighted by atomic mass is 9.87. The maximum absolute atomic E-state index is 12.9. The monoisotopic (exact) mass is 260 g/mol. The van der Waals surface area contributed by atoms with Crippen molar-refractivity contribution in [3.63, 3.8) is 0 Å². The van der Waals surface area contributed by atoms with Gasteiger partial charge in [-0.05, 0) is 38.4 Å². The molecule has 0 saturated carbocycles. The van der Waals surface area contributed by atoms with Gasteiger partial charge in [0, 0.05) is 18.8 Å². The normalized spacial score (nSPS) is 22.4. The number of nitrogens with zero attached hydrogens (tertiary/aromatic N) is 1. The average Bonchev–Trinajstić information content (AvgIpc) is 2.88. The van der Waals surface area contributed by atoms with E-state index >= 15 is 0 Å². The molecule has 0 aromatic heterocycles. The number of hydrogen-bond donors (Lipinski definition) is 1. The van der Waals surface area contributed by atoms with Gasteiger partial charge in [-0.25, -0.2) is 0 Å². The fraction of sp³-hybridized carbons (Fsp3) is 0.562. The molecule has 1 aliphatic heterocycles. The number of hydrogen-bond acceptors (Lipinski definition) is 2. The van der Waals surface area contributed by atoms with Crippen LogP contribution in [0.3, 0.4) is 0 Å². The molecule has 0 bridgehead atoms. The van der Waals surface area contributed by atoms with Gasteiger partial charge in [0.25, 0.3) is 0 Å². The molecular weight excluding hydrogens is 236 g/mol. The van der Waals surface area contributed by atoms with E-state index in [1.807, 2.05) is 35.2 Å². The van der Waals surface area contributed by atoms with Gasteiger partial charge in [-0.15, -0.1) is 0 Å². The summed E-state index contributed by atoms with van der Waals surface area (Å²) in [5.41, 5.74) is 0.776. The van der Waals surface area contributed by atoms with Crippen LogP contribution in [0.4, 0.5) is 5.69 Å². The average molecular weight is 260 g/mol. The SMILES string of the molecule is CCCCN(C(=O)C1(C)CCNC1)c1ccccc1. The van der Waals surface area contributed by atoms with Gasteiger partial charge in [0.15, 0.2) is 0 Å². The van der Waals surface area contributed by atoms with E-state index < -0.39 is 0 Å². The number of unbranched alkanes of at least 4 members (excludes halogenated alkanes) is 1. The quantitative estimate of drug-likeness (QED) is 0.883. The molecule has 1 aromatic carbocycles. The molecule has 1 aromatic rings. The van der Waals surface area contributed by atoms with E-state index in [1.165, 1.54) is 0 Å². The first-order valence-electron chi connectivity index (χ1n) is 7.25. The van der Waals surface area contributed by atoms with E-state index in [0.717, 1.165) is 44.6 Å². The van der Waals surface area contributed by atoms with Crippen molar-refractivity contribution in [3.8, 4) is 0 Å². The molecule has 19 heavy (non-hydrogen) atoms. The Labute approximate surface area is 116 Å². The van der Waals surface area contributed by atoms with Gasteiger partial charge in [0.1, 0.15) is 0 Å². The lowest BCUT2D eigenvalue weighted by Crippen LogP contribution is -2.44. The van der Waals surface area contributed by atoms with Crippen LogP contribution in [0.25, 0.3) is 0 Å². The fourth-order valence-electron chi connectivity index (χ4n) is 2.60. The summed E-state index contributed by atoms with van der Waals surface area (Å²) in [5, 5.41) is 3.31. The molecule has 3 heteroatoms. The molecule has 1 atom stereocenters. The van der Waals surface area contributed by atoms with Gasteiger partial charge >= 0.3 is 0 Å². The Hall–Kier alpha value is -1.35. The van der Waals surface area contributed by atoms with Crippen molar-refractivity contribution in [1.82, 2.24) is 5.32 Å². The molecule has 1 amide bonds. The standard InChI is InChI=1S/C16H24N2O/c1-3-4-12-18(14-8-6-5-7-9-14)15(19)16(2)10-11-17-13-16/h5-9,17H,3-4,10-13H2,1-2H3. The van der Waals surface area contributed by atoms with Crippen molar-refractivity contribution in [3.05, 3.63) is 30.3 Å². The van der Waals surface area contributed by atoms with Crippen LogP contribution in [0.2, 0.25) is 0 Å². The van der Waals surface area contributed by atoms with Crippen LogP contribution in [0, 0.1) is 5.41 Å². The third-order valence-corrected chi connectivity index (χ3v) is 3.93. The highest BCUT2D eigenvalue weighted by Crippen LogP contribution is 2.30. The zero-order valence-electron chi connectivity index (χ0n) is 12.0. The zero-order valence-corrected chi connectivity index (χ0v) is 12.0. The number of anilines is 1. The van der Waals surface area contributed by atoms with E-state index in [9.17, 15) is 4.79 Å². The minimum Gasteiger partial charge on any atom is -0.316 e. The van der Waals surface area contributed by atoms with Gasteiger partial charge < -0.3 is 10.2 Å². The molecule has 0 aliphatic carbocycles. The minimum atomic E-state index is -0.246. The minimum absolute atomic E-state index is 0.246. The Balaban J connectivity index is 2.20. The third-order valence-electron chi connectivity index (χ3n) is 3.93. The number of carbonyl (C=O) groups excluding carboxylic acids is 1. The molecule has 3 nitrogen and oxygen atoms in total. The van der Waals surface area contributed by atoms with Crippen LogP contribution in [0.5, 0.6) is 0 Å². The van der Waals surface area contributed by atoms with Crippen LogP contribution in [0.1, 0.15) is 33.1 Å². The Morgan fingerprint density at radius 3 is 2.68 bits per heavy atom. The smallest absolute Gasteiger partial charge is 0.234 e. The lowest BCUT2D eigenvalue weighted by molar-refractivity contribution is -0.126. The van der Waals surface area contributed by atoms with Crippen LogP contribution in [-0.2, 0) is 4.79 Å². The maximum Gasteiger partial charge on any atom is 0.234 e. The zero-order chi connectivity index (χ0) is 13.7.